The van der Waals surface area contributed by atoms with Crippen molar-refractivity contribution in [2.75, 3.05) is 10.8 Å². The molecule has 0 aromatic heterocycles. The Hall–Kier alpha value is -2.99. The fourth-order valence-electron chi connectivity index (χ4n) is 5.43. The molecule has 3 aromatic rings. The van der Waals surface area contributed by atoms with Gasteiger partial charge >= 0.3 is 6.18 Å². The number of nitrogens with one attached hydrogen (secondary N) is 1. The van der Waals surface area contributed by atoms with Crippen LogP contribution >= 0.6 is 34.8 Å². The highest BCUT2D eigenvalue weighted by atomic mass is 35.5. The summed E-state index contributed by atoms with van der Waals surface area (Å²) in [4.78, 5) is 28.9. The minimum atomic E-state index is -4.90. The predicted octanol–water partition coefficient (Wildman–Crippen LogP) is 8.12. The van der Waals surface area contributed by atoms with Gasteiger partial charge in [0.25, 0.3) is 10.0 Å². The fourth-order valence-corrected chi connectivity index (χ4v) is 7.55. The third kappa shape index (κ3) is 8.67. The van der Waals surface area contributed by atoms with Crippen molar-refractivity contribution in [3.63, 3.8) is 0 Å². The lowest BCUT2D eigenvalue weighted by molar-refractivity contribution is -0.140. The predicted molar refractivity (Wildman–Crippen MR) is 174 cm³/mol. The van der Waals surface area contributed by atoms with Crippen LogP contribution in [0, 0.1) is 0 Å². The molecule has 7 nitrogen and oxygen atoms in total. The van der Waals surface area contributed by atoms with Crippen LogP contribution in [0.25, 0.3) is 0 Å². The van der Waals surface area contributed by atoms with Gasteiger partial charge in [0.15, 0.2) is 0 Å². The normalized spacial score (nSPS) is 14.8. The van der Waals surface area contributed by atoms with E-state index >= 15 is 0 Å². The fraction of sp³-hybridized carbons (Fsp3) is 0.375. The first-order valence-electron chi connectivity index (χ1n) is 14.7. The molecule has 0 spiro atoms. The molecule has 0 radical (unpaired) electrons. The number of alkyl halides is 3. The molecule has 0 bridgehead atoms. The number of carbonyl (C=O) groups is 2. The number of sulfonamides is 1. The number of carbonyl (C=O) groups excluding carboxylic acids is 2. The van der Waals surface area contributed by atoms with Crippen molar-refractivity contribution in [2.24, 2.45) is 0 Å². The highest BCUT2D eigenvalue weighted by Crippen LogP contribution is 2.38. The molecule has 1 saturated carbocycles. The molecule has 1 aliphatic rings. The lowest BCUT2D eigenvalue weighted by Crippen LogP contribution is -2.54. The van der Waals surface area contributed by atoms with Crippen molar-refractivity contribution < 1.29 is 31.2 Å². The van der Waals surface area contributed by atoms with Gasteiger partial charge in [-0.2, -0.15) is 13.2 Å². The van der Waals surface area contributed by atoms with Gasteiger partial charge < -0.3 is 10.2 Å². The molecule has 14 heteroatoms. The molecule has 1 atom stereocenters. The lowest BCUT2D eigenvalue weighted by Gasteiger charge is -2.34. The molecule has 0 saturated heterocycles. The van der Waals surface area contributed by atoms with Crippen LogP contribution in [0.15, 0.2) is 71.6 Å². The summed E-state index contributed by atoms with van der Waals surface area (Å²) in [6.07, 6.45) is -0.173. The van der Waals surface area contributed by atoms with E-state index in [1.807, 2.05) is 0 Å². The van der Waals surface area contributed by atoms with Crippen molar-refractivity contribution >= 4 is 62.3 Å². The first-order chi connectivity index (χ1) is 21.7. The Labute approximate surface area is 281 Å². The van der Waals surface area contributed by atoms with Gasteiger partial charge in [-0.25, -0.2) is 8.42 Å². The summed E-state index contributed by atoms with van der Waals surface area (Å²) >= 11 is 18.4. The molecule has 1 fully saturated rings. The number of amides is 2. The topological polar surface area (TPSA) is 86.8 Å². The SMILES string of the molecule is CC[C@H](C(=O)NC1CCCCC1)N(Cc1ccc(Cl)cc1Cl)C(=O)CN(c1ccc(Cl)c(C(F)(F)F)c1)S(=O)(=O)c1ccccc1. The number of hydrogen-bond donors (Lipinski definition) is 1. The molecule has 0 heterocycles. The Morgan fingerprint density at radius 1 is 0.935 bits per heavy atom. The van der Waals surface area contributed by atoms with Crippen molar-refractivity contribution in [3.8, 4) is 0 Å². The van der Waals surface area contributed by atoms with Crippen LogP contribution in [0.5, 0.6) is 0 Å². The molecular weight excluding hydrogens is 686 g/mol. The highest BCUT2D eigenvalue weighted by molar-refractivity contribution is 7.92. The van der Waals surface area contributed by atoms with Gasteiger partial charge in [0.1, 0.15) is 12.6 Å². The molecule has 1 N–H and O–H groups in total. The summed E-state index contributed by atoms with van der Waals surface area (Å²) in [5.74, 6) is -1.25. The van der Waals surface area contributed by atoms with E-state index in [4.69, 9.17) is 34.8 Å². The molecule has 0 unspecified atom stereocenters. The van der Waals surface area contributed by atoms with Crippen LogP contribution in [0.3, 0.4) is 0 Å². The van der Waals surface area contributed by atoms with Gasteiger partial charge in [-0.15, -0.1) is 0 Å². The van der Waals surface area contributed by atoms with Crippen molar-refractivity contribution in [1.82, 2.24) is 10.2 Å². The largest absolute Gasteiger partial charge is 0.417 e. The second kappa shape index (κ2) is 15.3. The second-order valence-electron chi connectivity index (χ2n) is 11.0. The molecule has 4 rings (SSSR count). The average molecular weight is 719 g/mol. The number of benzene rings is 3. The number of halogens is 6. The van der Waals surface area contributed by atoms with Gasteiger partial charge in [-0.05, 0) is 67.3 Å². The Kier molecular flexibility index (Phi) is 11.9. The summed E-state index contributed by atoms with van der Waals surface area (Å²) in [6.45, 7) is 0.593. The maximum absolute atomic E-state index is 14.3. The summed E-state index contributed by atoms with van der Waals surface area (Å²) < 4.78 is 70.0. The second-order valence-corrected chi connectivity index (χ2v) is 14.1. The van der Waals surface area contributed by atoms with Crippen molar-refractivity contribution in [2.45, 2.75) is 75.1 Å². The van der Waals surface area contributed by atoms with Crippen LogP contribution < -0.4 is 9.62 Å². The third-order valence-corrected chi connectivity index (χ3v) is 10.6. The minimum absolute atomic E-state index is 0.0730. The third-order valence-electron chi connectivity index (χ3n) is 7.85. The Bertz CT molecular complexity index is 1650. The number of rotatable bonds is 11. The van der Waals surface area contributed by atoms with E-state index in [2.05, 4.69) is 5.32 Å². The van der Waals surface area contributed by atoms with Gasteiger partial charge in [-0.1, -0.05) is 85.3 Å². The Balaban J connectivity index is 1.78. The lowest BCUT2D eigenvalue weighted by atomic mass is 9.95. The smallest absolute Gasteiger partial charge is 0.352 e. The van der Waals surface area contributed by atoms with Crippen LogP contribution in [0.1, 0.15) is 56.6 Å². The van der Waals surface area contributed by atoms with E-state index < -0.39 is 56.9 Å². The zero-order valence-electron chi connectivity index (χ0n) is 24.9. The standard InChI is InChI=1S/C32H33Cl3F3N3O4S/c1-2-29(31(43)39-23-9-5-3-6-10-23)40(19-21-13-14-22(33)17-28(21)35)30(42)20-41(46(44,45)25-11-7-4-8-12-25)24-15-16-27(34)26(18-24)32(36,37)38/h4,7-8,11-18,23,29H,2-3,5-6,9-10,19-20H2,1H3,(H,39,43)/t29-/m1/s1. The van der Waals surface area contributed by atoms with E-state index in [0.29, 0.717) is 21.0 Å². The van der Waals surface area contributed by atoms with Crippen molar-refractivity contribution in [3.05, 3.63) is 92.9 Å². The summed E-state index contributed by atoms with van der Waals surface area (Å²) in [5.41, 5.74) is -1.26. The molecular formula is C32H33Cl3F3N3O4S. The number of anilines is 1. The minimum Gasteiger partial charge on any atom is -0.352 e. The molecule has 3 aromatic carbocycles. The van der Waals surface area contributed by atoms with Gasteiger partial charge in [0.2, 0.25) is 11.8 Å². The highest BCUT2D eigenvalue weighted by Gasteiger charge is 2.37. The Morgan fingerprint density at radius 2 is 1.61 bits per heavy atom. The van der Waals surface area contributed by atoms with Crippen LogP contribution in [-0.4, -0.2) is 43.8 Å². The van der Waals surface area contributed by atoms with E-state index in [9.17, 15) is 31.2 Å². The van der Waals surface area contributed by atoms with E-state index in [1.165, 1.54) is 35.2 Å². The zero-order valence-corrected chi connectivity index (χ0v) is 28.0. The number of nitrogens with zero attached hydrogens (tertiary/aromatic N) is 2. The first kappa shape index (κ1) is 35.9. The number of hydrogen-bond acceptors (Lipinski definition) is 4. The van der Waals surface area contributed by atoms with Crippen molar-refractivity contribution in [1.29, 1.82) is 0 Å². The van der Waals surface area contributed by atoms with E-state index in [-0.39, 0.29) is 28.9 Å². The van der Waals surface area contributed by atoms with Crippen LogP contribution in [0.4, 0.5) is 18.9 Å². The molecule has 46 heavy (non-hydrogen) atoms. The maximum Gasteiger partial charge on any atom is 0.417 e. The molecule has 248 valence electrons. The maximum atomic E-state index is 14.3. The molecule has 1 aliphatic carbocycles. The molecule has 2 amide bonds. The summed E-state index contributed by atoms with van der Waals surface area (Å²) in [7, 11) is -4.59. The monoisotopic (exact) mass is 717 g/mol. The first-order valence-corrected chi connectivity index (χ1v) is 17.3. The van der Waals surface area contributed by atoms with E-state index in [0.717, 1.165) is 44.2 Å². The quantitative estimate of drug-likeness (QED) is 0.217. The van der Waals surface area contributed by atoms with E-state index in [1.54, 1.807) is 25.1 Å². The molecule has 0 aliphatic heterocycles. The van der Waals surface area contributed by atoms with Gasteiger partial charge in [0, 0.05) is 22.6 Å². The summed E-state index contributed by atoms with van der Waals surface area (Å²) in [6, 6.07) is 13.1. The van der Waals surface area contributed by atoms with Crippen LogP contribution in [0.2, 0.25) is 15.1 Å². The van der Waals surface area contributed by atoms with Crippen LogP contribution in [-0.2, 0) is 32.3 Å². The Morgan fingerprint density at radius 3 is 2.22 bits per heavy atom. The van der Waals surface area contributed by atoms with Gasteiger partial charge in [-0.3, -0.25) is 13.9 Å². The average Bonchev–Trinajstić information content (AvgIpc) is 3.01. The van der Waals surface area contributed by atoms with Gasteiger partial charge in [0.05, 0.1) is 21.2 Å². The summed E-state index contributed by atoms with van der Waals surface area (Å²) in [5, 5.41) is 2.95. The zero-order chi connectivity index (χ0) is 33.6.